The molecule has 2 rings (SSSR count). The number of hydrogen-bond acceptors (Lipinski definition) is 4. The van der Waals surface area contributed by atoms with Crippen LogP contribution in [0.25, 0.3) is 0 Å². The molecule has 24 heavy (non-hydrogen) atoms. The maximum absolute atomic E-state index is 11.9. The average molecular weight is 368 g/mol. The fraction of sp³-hybridized carbons (Fsp3) is 0.333. The molecule has 0 bridgehead atoms. The molecule has 0 aliphatic rings. The van der Waals surface area contributed by atoms with Crippen molar-refractivity contribution in [2.75, 3.05) is 18.4 Å². The number of imidazole rings is 1. The number of nitrogens with zero attached hydrogens (tertiary/aromatic N) is 2. The van der Waals surface area contributed by atoms with Gasteiger partial charge in [-0.2, -0.15) is 0 Å². The van der Waals surface area contributed by atoms with Crippen LogP contribution in [0.15, 0.2) is 47.9 Å². The lowest BCUT2D eigenvalue weighted by Crippen LogP contribution is -2.29. The van der Waals surface area contributed by atoms with Crippen molar-refractivity contribution in [3.63, 3.8) is 0 Å². The van der Waals surface area contributed by atoms with Crippen LogP contribution >= 0.6 is 12.2 Å². The van der Waals surface area contributed by atoms with Gasteiger partial charge in [-0.25, -0.2) is 18.1 Å². The highest BCUT2D eigenvalue weighted by atomic mass is 32.2. The Kier molecular flexibility index (Phi) is 6.71. The zero-order chi connectivity index (χ0) is 17.4. The van der Waals surface area contributed by atoms with Gasteiger partial charge in [0.1, 0.15) is 0 Å². The molecule has 0 spiro atoms. The molecule has 0 radical (unpaired) electrons. The van der Waals surface area contributed by atoms with Gasteiger partial charge < -0.3 is 15.2 Å². The molecule has 0 saturated heterocycles. The molecular weight excluding hydrogens is 346 g/mol. The molecule has 7 nitrogen and oxygen atoms in total. The summed E-state index contributed by atoms with van der Waals surface area (Å²) in [5.41, 5.74) is 0.734. The van der Waals surface area contributed by atoms with Crippen molar-refractivity contribution in [1.29, 1.82) is 0 Å². The summed E-state index contributed by atoms with van der Waals surface area (Å²) >= 11 is 5.23. The third-order valence-electron chi connectivity index (χ3n) is 3.19. The summed E-state index contributed by atoms with van der Waals surface area (Å²) in [6.45, 7) is 3.70. The number of aromatic nitrogens is 2. The third kappa shape index (κ3) is 5.59. The first kappa shape index (κ1) is 18.4. The van der Waals surface area contributed by atoms with E-state index < -0.39 is 10.0 Å². The highest BCUT2D eigenvalue weighted by Gasteiger charge is 2.11. The monoisotopic (exact) mass is 367 g/mol. The van der Waals surface area contributed by atoms with Crippen molar-refractivity contribution < 1.29 is 8.42 Å². The van der Waals surface area contributed by atoms with Gasteiger partial charge in [-0.3, -0.25) is 0 Å². The van der Waals surface area contributed by atoms with Crippen LogP contribution in [-0.2, 0) is 16.6 Å². The summed E-state index contributed by atoms with van der Waals surface area (Å²) in [6, 6.07) is 6.46. The highest BCUT2D eigenvalue weighted by molar-refractivity contribution is 7.89. The molecule has 3 N–H and O–H groups in total. The first-order chi connectivity index (χ1) is 11.5. The summed E-state index contributed by atoms with van der Waals surface area (Å²) in [7, 11) is -3.43. The fourth-order valence-electron chi connectivity index (χ4n) is 2.05. The molecule has 0 unspecified atom stereocenters. The van der Waals surface area contributed by atoms with Gasteiger partial charge in [-0.15, -0.1) is 0 Å². The predicted octanol–water partition coefficient (Wildman–Crippen LogP) is 1.56. The Balaban J connectivity index is 1.77. The average Bonchev–Trinajstić information content (AvgIpc) is 3.05. The Morgan fingerprint density at radius 2 is 2.04 bits per heavy atom. The van der Waals surface area contributed by atoms with Crippen molar-refractivity contribution in [2.24, 2.45) is 0 Å². The van der Waals surface area contributed by atoms with Crippen molar-refractivity contribution in [3.8, 4) is 0 Å². The normalized spacial score (nSPS) is 11.2. The molecule has 2 aromatic rings. The van der Waals surface area contributed by atoms with E-state index in [2.05, 4.69) is 20.3 Å². The lowest BCUT2D eigenvalue weighted by atomic mass is 10.3. The maximum Gasteiger partial charge on any atom is 0.240 e. The number of hydrogen-bond donors (Lipinski definition) is 3. The van der Waals surface area contributed by atoms with Crippen LogP contribution in [0.4, 0.5) is 5.69 Å². The van der Waals surface area contributed by atoms with Crippen molar-refractivity contribution in [3.05, 3.63) is 43.0 Å². The van der Waals surface area contributed by atoms with Gasteiger partial charge in [-0.1, -0.05) is 6.92 Å². The lowest BCUT2D eigenvalue weighted by Gasteiger charge is -2.11. The first-order valence-corrected chi connectivity index (χ1v) is 9.51. The van der Waals surface area contributed by atoms with E-state index in [1.54, 1.807) is 43.7 Å². The Bertz CT molecular complexity index is 743. The van der Waals surface area contributed by atoms with E-state index in [9.17, 15) is 8.42 Å². The van der Waals surface area contributed by atoms with Crippen LogP contribution in [0.1, 0.15) is 13.3 Å². The summed E-state index contributed by atoms with van der Waals surface area (Å²) in [5, 5.41) is 6.65. The number of thiocarbonyl (C=S) groups is 1. The second kappa shape index (κ2) is 8.76. The Morgan fingerprint density at radius 1 is 1.29 bits per heavy atom. The van der Waals surface area contributed by atoms with Gasteiger partial charge >= 0.3 is 0 Å². The standard InChI is InChI=1S/C15H21N5O2S2/c1-2-18-24(21,22)14-6-4-13(5-7-14)19-15(23)17-8-3-10-20-11-9-16-12-20/h4-7,9,11-12,18H,2-3,8,10H2,1H3,(H2,17,19,23). The molecule has 0 atom stereocenters. The number of sulfonamides is 1. The van der Waals surface area contributed by atoms with Crippen LogP contribution in [0.2, 0.25) is 0 Å². The Morgan fingerprint density at radius 3 is 2.67 bits per heavy atom. The maximum atomic E-state index is 11.9. The Hall–Kier alpha value is -1.97. The minimum Gasteiger partial charge on any atom is -0.362 e. The second-order valence-corrected chi connectivity index (χ2v) is 7.24. The SMILES string of the molecule is CCNS(=O)(=O)c1ccc(NC(=S)NCCCn2ccnc2)cc1. The minimum atomic E-state index is -3.43. The van der Waals surface area contributed by atoms with Gasteiger partial charge in [0, 0.05) is 37.7 Å². The molecule has 0 fully saturated rings. The van der Waals surface area contributed by atoms with E-state index >= 15 is 0 Å². The van der Waals surface area contributed by atoms with Crippen LogP contribution in [0, 0.1) is 0 Å². The molecule has 1 heterocycles. The van der Waals surface area contributed by atoms with E-state index in [-0.39, 0.29) is 4.90 Å². The summed E-state index contributed by atoms with van der Waals surface area (Å²) in [5.74, 6) is 0. The van der Waals surface area contributed by atoms with Crippen molar-refractivity contribution >= 4 is 33.0 Å². The number of nitrogens with one attached hydrogen (secondary N) is 3. The molecule has 0 amide bonds. The molecule has 9 heteroatoms. The topological polar surface area (TPSA) is 88.0 Å². The van der Waals surface area contributed by atoms with Gasteiger partial charge in [0.25, 0.3) is 0 Å². The van der Waals surface area contributed by atoms with Gasteiger partial charge in [0.2, 0.25) is 10.0 Å². The predicted molar refractivity (Wildman–Crippen MR) is 98.4 cm³/mol. The number of anilines is 1. The third-order valence-corrected chi connectivity index (χ3v) is 5.00. The Labute approximate surface area is 147 Å². The molecular formula is C15H21N5O2S2. The number of benzene rings is 1. The summed E-state index contributed by atoms with van der Waals surface area (Å²) in [6.07, 6.45) is 6.36. The van der Waals surface area contributed by atoms with Crippen LogP contribution in [-0.4, -0.2) is 36.2 Å². The molecule has 1 aromatic carbocycles. The van der Waals surface area contributed by atoms with Crippen molar-refractivity contribution in [1.82, 2.24) is 19.6 Å². The summed E-state index contributed by atoms with van der Waals surface area (Å²) < 4.78 is 28.2. The van der Waals surface area contributed by atoms with Gasteiger partial charge in [0.05, 0.1) is 11.2 Å². The summed E-state index contributed by atoms with van der Waals surface area (Å²) in [4.78, 5) is 4.22. The van der Waals surface area contributed by atoms with E-state index in [1.165, 1.54) is 0 Å². The van der Waals surface area contributed by atoms with E-state index in [4.69, 9.17) is 12.2 Å². The molecule has 0 aliphatic carbocycles. The molecule has 130 valence electrons. The first-order valence-electron chi connectivity index (χ1n) is 7.61. The number of rotatable bonds is 8. The smallest absolute Gasteiger partial charge is 0.240 e. The molecule has 0 saturated carbocycles. The van der Waals surface area contributed by atoms with E-state index in [1.807, 2.05) is 10.8 Å². The molecule has 1 aromatic heterocycles. The van der Waals surface area contributed by atoms with E-state index in [0.717, 1.165) is 25.2 Å². The zero-order valence-electron chi connectivity index (χ0n) is 13.4. The minimum absolute atomic E-state index is 0.231. The van der Waals surface area contributed by atoms with Gasteiger partial charge in [-0.05, 0) is 42.9 Å². The van der Waals surface area contributed by atoms with Crippen LogP contribution in [0.5, 0.6) is 0 Å². The van der Waals surface area contributed by atoms with Crippen LogP contribution < -0.4 is 15.4 Å². The highest BCUT2D eigenvalue weighted by Crippen LogP contribution is 2.13. The zero-order valence-corrected chi connectivity index (χ0v) is 15.0. The second-order valence-electron chi connectivity index (χ2n) is 5.06. The van der Waals surface area contributed by atoms with Crippen LogP contribution in [0.3, 0.4) is 0 Å². The number of aryl methyl sites for hydroxylation is 1. The fourth-order valence-corrected chi connectivity index (χ4v) is 3.31. The van der Waals surface area contributed by atoms with Crippen molar-refractivity contribution in [2.45, 2.75) is 24.8 Å². The molecule has 0 aliphatic heterocycles. The quantitative estimate of drug-likeness (QED) is 0.485. The largest absolute Gasteiger partial charge is 0.362 e. The lowest BCUT2D eigenvalue weighted by molar-refractivity contribution is 0.584. The van der Waals surface area contributed by atoms with Gasteiger partial charge in [0.15, 0.2) is 5.11 Å². The van der Waals surface area contributed by atoms with E-state index in [0.29, 0.717) is 11.7 Å².